The predicted octanol–water partition coefficient (Wildman–Crippen LogP) is 5.21. The molecule has 1 aliphatic rings. The van der Waals surface area contributed by atoms with Crippen LogP contribution in [0.25, 0.3) is 0 Å². The van der Waals surface area contributed by atoms with E-state index >= 15 is 0 Å². The molecule has 1 heterocycles. The number of nitrogens with one attached hydrogen (secondary N) is 1. The Labute approximate surface area is 185 Å². The SMILES string of the molecule is COc1cccc(CN2CCCN(c3ccc(C)cc3NC(=O)CC(C)(C)C)C2=O)c1. The second-order valence-electron chi connectivity index (χ2n) is 9.37. The van der Waals surface area contributed by atoms with Crippen molar-refractivity contribution in [1.82, 2.24) is 4.90 Å². The molecule has 166 valence electrons. The Hall–Kier alpha value is -3.02. The summed E-state index contributed by atoms with van der Waals surface area (Å²) in [4.78, 5) is 29.5. The summed E-state index contributed by atoms with van der Waals surface area (Å²) >= 11 is 0. The van der Waals surface area contributed by atoms with Crippen LogP contribution in [0.1, 0.15) is 44.7 Å². The Balaban J connectivity index is 1.81. The van der Waals surface area contributed by atoms with Crippen LogP contribution in [-0.4, -0.2) is 37.0 Å². The standard InChI is InChI=1S/C25H33N3O3/c1-18-10-11-22(21(14-18)26-23(29)16-25(2,3)4)28-13-7-12-27(24(28)30)17-19-8-6-9-20(15-19)31-5/h6,8-11,14-15H,7,12-13,16-17H2,1-5H3,(H,26,29). The third-order valence-corrected chi connectivity index (χ3v) is 5.23. The van der Waals surface area contributed by atoms with Crippen LogP contribution in [-0.2, 0) is 11.3 Å². The lowest BCUT2D eigenvalue weighted by Crippen LogP contribution is -2.49. The number of carbonyl (C=O) groups excluding carboxylic acids is 2. The fourth-order valence-electron chi connectivity index (χ4n) is 3.80. The molecule has 0 unspecified atom stereocenters. The summed E-state index contributed by atoms with van der Waals surface area (Å²) in [5.74, 6) is 0.734. The summed E-state index contributed by atoms with van der Waals surface area (Å²) in [6.45, 7) is 9.93. The highest BCUT2D eigenvalue weighted by molar-refractivity contribution is 6.01. The molecule has 1 N–H and O–H groups in total. The Kier molecular flexibility index (Phi) is 6.88. The summed E-state index contributed by atoms with van der Waals surface area (Å²) in [5, 5.41) is 3.04. The number of methoxy groups -OCH3 is 1. The lowest BCUT2D eigenvalue weighted by Gasteiger charge is -2.36. The van der Waals surface area contributed by atoms with Crippen LogP contribution in [0.5, 0.6) is 5.75 Å². The van der Waals surface area contributed by atoms with Crippen molar-refractivity contribution in [1.29, 1.82) is 0 Å². The van der Waals surface area contributed by atoms with Crippen molar-refractivity contribution in [3.05, 3.63) is 53.6 Å². The Bertz CT molecular complexity index is 949. The largest absolute Gasteiger partial charge is 0.497 e. The first kappa shape index (κ1) is 22.7. The van der Waals surface area contributed by atoms with Gasteiger partial charge in [0.2, 0.25) is 5.91 Å². The summed E-state index contributed by atoms with van der Waals surface area (Å²) in [7, 11) is 1.64. The lowest BCUT2D eigenvalue weighted by molar-refractivity contribution is -0.117. The van der Waals surface area contributed by atoms with Gasteiger partial charge in [0.1, 0.15) is 5.75 Å². The molecule has 1 fully saturated rings. The maximum absolute atomic E-state index is 13.3. The van der Waals surface area contributed by atoms with Crippen molar-refractivity contribution in [2.75, 3.05) is 30.4 Å². The van der Waals surface area contributed by atoms with E-state index in [4.69, 9.17) is 4.74 Å². The van der Waals surface area contributed by atoms with Gasteiger partial charge in [0.25, 0.3) is 0 Å². The Morgan fingerprint density at radius 1 is 1.13 bits per heavy atom. The normalized spacial score (nSPS) is 14.5. The number of hydrogen-bond donors (Lipinski definition) is 1. The predicted molar refractivity (Wildman–Crippen MR) is 125 cm³/mol. The van der Waals surface area contributed by atoms with Gasteiger partial charge in [-0.05, 0) is 54.2 Å². The molecule has 6 heteroatoms. The minimum atomic E-state index is -0.109. The van der Waals surface area contributed by atoms with Crippen molar-refractivity contribution >= 4 is 23.3 Å². The van der Waals surface area contributed by atoms with Crippen LogP contribution >= 0.6 is 0 Å². The van der Waals surface area contributed by atoms with Crippen molar-refractivity contribution in [3.8, 4) is 5.75 Å². The molecule has 31 heavy (non-hydrogen) atoms. The van der Waals surface area contributed by atoms with Gasteiger partial charge in [-0.15, -0.1) is 0 Å². The quantitative estimate of drug-likeness (QED) is 0.694. The average Bonchev–Trinajstić information content (AvgIpc) is 2.69. The van der Waals surface area contributed by atoms with Gasteiger partial charge in [-0.25, -0.2) is 4.79 Å². The third kappa shape index (κ3) is 6.00. The molecule has 1 saturated heterocycles. The van der Waals surface area contributed by atoms with Gasteiger partial charge in [-0.1, -0.05) is 39.0 Å². The smallest absolute Gasteiger partial charge is 0.324 e. The maximum atomic E-state index is 13.3. The average molecular weight is 424 g/mol. The number of amides is 3. The highest BCUT2D eigenvalue weighted by atomic mass is 16.5. The summed E-state index contributed by atoms with van der Waals surface area (Å²) in [6, 6.07) is 13.6. The number of hydrogen-bond acceptors (Lipinski definition) is 3. The van der Waals surface area contributed by atoms with Crippen molar-refractivity contribution in [3.63, 3.8) is 0 Å². The zero-order valence-corrected chi connectivity index (χ0v) is 19.2. The first-order chi connectivity index (χ1) is 14.7. The van der Waals surface area contributed by atoms with Gasteiger partial charge in [-0.2, -0.15) is 0 Å². The Morgan fingerprint density at radius 2 is 1.90 bits per heavy atom. The van der Waals surface area contributed by atoms with E-state index in [1.54, 1.807) is 12.0 Å². The second kappa shape index (κ2) is 9.41. The molecule has 0 saturated carbocycles. The number of ether oxygens (including phenoxy) is 1. The summed E-state index contributed by atoms with van der Waals surface area (Å²) in [5.41, 5.74) is 3.38. The van der Waals surface area contributed by atoms with E-state index in [0.29, 0.717) is 31.7 Å². The first-order valence-corrected chi connectivity index (χ1v) is 10.8. The van der Waals surface area contributed by atoms with Crippen LogP contribution in [0.2, 0.25) is 0 Å². The topological polar surface area (TPSA) is 61.9 Å². The van der Waals surface area contributed by atoms with E-state index in [9.17, 15) is 9.59 Å². The van der Waals surface area contributed by atoms with Gasteiger partial charge < -0.3 is 15.0 Å². The van der Waals surface area contributed by atoms with E-state index in [0.717, 1.165) is 29.0 Å². The van der Waals surface area contributed by atoms with Gasteiger partial charge in [0.15, 0.2) is 0 Å². The van der Waals surface area contributed by atoms with Crippen LogP contribution in [0.4, 0.5) is 16.2 Å². The number of rotatable bonds is 6. The summed E-state index contributed by atoms with van der Waals surface area (Å²) < 4.78 is 5.31. The molecule has 2 aromatic rings. The van der Waals surface area contributed by atoms with E-state index in [1.165, 1.54) is 0 Å². The molecule has 0 aliphatic carbocycles. The number of carbonyl (C=O) groups is 2. The molecule has 0 bridgehead atoms. The van der Waals surface area contributed by atoms with Gasteiger partial charge >= 0.3 is 6.03 Å². The lowest BCUT2D eigenvalue weighted by atomic mass is 9.92. The van der Waals surface area contributed by atoms with Crippen LogP contribution in [0, 0.1) is 12.3 Å². The fraction of sp³-hybridized carbons (Fsp3) is 0.440. The van der Waals surface area contributed by atoms with Crippen molar-refractivity contribution in [2.45, 2.75) is 47.1 Å². The zero-order chi connectivity index (χ0) is 22.6. The molecule has 1 aliphatic heterocycles. The monoisotopic (exact) mass is 423 g/mol. The molecule has 3 rings (SSSR count). The van der Waals surface area contributed by atoms with Crippen LogP contribution in [0.3, 0.4) is 0 Å². The number of benzene rings is 2. The minimum Gasteiger partial charge on any atom is -0.497 e. The van der Waals surface area contributed by atoms with Gasteiger partial charge in [-0.3, -0.25) is 9.69 Å². The molecule has 0 atom stereocenters. The molecule has 2 aromatic carbocycles. The zero-order valence-electron chi connectivity index (χ0n) is 19.2. The second-order valence-corrected chi connectivity index (χ2v) is 9.37. The number of aryl methyl sites for hydroxylation is 1. The molecule has 0 radical (unpaired) electrons. The van der Waals surface area contributed by atoms with Crippen molar-refractivity contribution in [2.24, 2.45) is 5.41 Å². The van der Waals surface area contributed by atoms with E-state index in [2.05, 4.69) is 5.32 Å². The maximum Gasteiger partial charge on any atom is 0.324 e. The highest BCUT2D eigenvalue weighted by Crippen LogP contribution is 2.31. The summed E-state index contributed by atoms with van der Waals surface area (Å²) in [6.07, 6.45) is 1.27. The molecule has 6 nitrogen and oxygen atoms in total. The Morgan fingerprint density at radius 3 is 2.61 bits per heavy atom. The number of nitrogens with zero attached hydrogens (tertiary/aromatic N) is 2. The van der Waals surface area contributed by atoms with Crippen LogP contribution < -0.4 is 15.0 Å². The minimum absolute atomic E-state index is 0.0444. The van der Waals surface area contributed by atoms with Gasteiger partial charge in [0.05, 0.1) is 18.5 Å². The molecule has 0 aromatic heterocycles. The van der Waals surface area contributed by atoms with Crippen LogP contribution in [0.15, 0.2) is 42.5 Å². The molecular weight excluding hydrogens is 390 g/mol. The van der Waals surface area contributed by atoms with E-state index in [-0.39, 0.29) is 17.4 Å². The fourth-order valence-corrected chi connectivity index (χ4v) is 3.80. The van der Waals surface area contributed by atoms with E-state index < -0.39 is 0 Å². The van der Waals surface area contributed by atoms with Gasteiger partial charge in [0, 0.05) is 26.1 Å². The number of urea groups is 1. The molecule has 3 amide bonds. The van der Waals surface area contributed by atoms with E-state index in [1.807, 2.05) is 75.1 Å². The molecular formula is C25H33N3O3. The third-order valence-electron chi connectivity index (χ3n) is 5.23. The number of anilines is 2. The van der Waals surface area contributed by atoms with Crippen molar-refractivity contribution < 1.29 is 14.3 Å². The molecule has 0 spiro atoms. The first-order valence-electron chi connectivity index (χ1n) is 10.8. The highest BCUT2D eigenvalue weighted by Gasteiger charge is 2.29.